The molecule has 0 radical (unpaired) electrons. The van der Waals surface area contributed by atoms with Crippen LogP contribution in [0.4, 0.5) is 4.39 Å². The van der Waals surface area contributed by atoms with Crippen molar-refractivity contribution < 1.29 is 14.0 Å². The van der Waals surface area contributed by atoms with E-state index in [1.54, 1.807) is 6.07 Å². The largest absolute Gasteiger partial charge is 0.354 e. The number of nitrogens with zero attached hydrogens (tertiary/aromatic N) is 1. The van der Waals surface area contributed by atoms with Gasteiger partial charge >= 0.3 is 0 Å². The Labute approximate surface area is 251 Å². The highest BCUT2D eigenvalue weighted by atomic mass is 19.1. The number of H-pyrrole nitrogens is 1. The highest BCUT2D eigenvalue weighted by Gasteiger charge is 2.37. The molecule has 2 aliphatic heterocycles. The summed E-state index contributed by atoms with van der Waals surface area (Å²) >= 11 is 0. The highest BCUT2D eigenvalue weighted by Crippen LogP contribution is 2.39. The minimum Gasteiger partial charge on any atom is -0.354 e. The van der Waals surface area contributed by atoms with Gasteiger partial charge in [0.25, 0.3) is 11.8 Å². The molecule has 0 bridgehead atoms. The molecule has 2 fully saturated rings. The number of rotatable bonds is 7. The van der Waals surface area contributed by atoms with E-state index in [9.17, 15) is 14.0 Å². The Kier molecular flexibility index (Phi) is 10.8. The van der Waals surface area contributed by atoms with E-state index in [1.807, 2.05) is 11.8 Å². The topological polar surface area (TPSA) is 77.2 Å². The van der Waals surface area contributed by atoms with E-state index in [0.717, 1.165) is 76.6 Å². The number of aromatic nitrogens is 1. The number of fused-ring (bicyclic) bond motifs is 2. The number of nitrogens with one attached hydrogen (secondary N) is 3. The van der Waals surface area contributed by atoms with Crippen molar-refractivity contribution in [2.45, 2.75) is 115 Å². The molecular weight excluding hydrogens is 527 g/mol. The van der Waals surface area contributed by atoms with E-state index in [2.05, 4.69) is 21.7 Å². The summed E-state index contributed by atoms with van der Waals surface area (Å²) in [7, 11) is 0. The average molecular weight is 579 g/mol. The van der Waals surface area contributed by atoms with E-state index >= 15 is 0 Å². The number of carbonyl (C=O) groups is 2. The monoisotopic (exact) mass is 578 g/mol. The summed E-state index contributed by atoms with van der Waals surface area (Å²) in [5, 5.41) is 7.07. The number of aromatic amines is 1. The van der Waals surface area contributed by atoms with Crippen LogP contribution in [-0.2, 0) is 12.0 Å². The fraction of sp³-hybridized carbons (Fsp3) is 0.657. The molecule has 3 N–H and O–H groups in total. The van der Waals surface area contributed by atoms with Gasteiger partial charge in [0.05, 0.1) is 0 Å². The Bertz CT molecular complexity index is 1190. The van der Waals surface area contributed by atoms with E-state index in [-0.39, 0.29) is 23.2 Å². The van der Waals surface area contributed by atoms with E-state index in [1.165, 1.54) is 74.8 Å². The normalized spacial score (nSPS) is 20.1. The number of carbonyl (C=O) groups excluding carboxylic acids is 2. The zero-order chi connectivity index (χ0) is 29.4. The van der Waals surface area contributed by atoms with Gasteiger partial charge in [-0.15, -0.1) is 0 Å². The number of halogens is 1. The SMILES string of the molecule is Cc1ccc(F)cc1C(=O)N1CCC(CCCCNC(=O)c2cc3c([nH]2)CCNC32CCCCCCCCCC2)CC1. The molecule has 6 nitrogen and oxygen atoms in total. The van der Waals surface area contributed by atoms with Crippen molar-refractivity contribution in [2.24, 2.45) is 5.92 Å². The number of aryl methyl sites for hydroxylation is 1. The van der Waals surface area contributed by atoms with Gasteiger partial charge in [0.2, 0.25) is 0 Å². The third-order valence-electron chi connectivity index (χ3n) is 10.1. The minimum atomic E-state index is -0.362. The number of likely N-dealkylation sites (tertiary alicyclic amines) is 1. The third-order valence-corrected chi connectivity index (χ3v) is 10.1. The summed E-state index contributed by atoms with van der Waals surface area (Å²) < 4.78 is 13.7. The number of unbranched alkanes of at least 4 members (excludes halogenated alkanes) is 1. The van der Waals surface area contributed by atoms with Crippen molar-refractivity contribution in [3.63, 3.8) is 0 Å². The van der Waals surface area contributed by atoms with Crippen molar-refractivity contribution in [1.29, 1.82) is 0 Å². The van der Waals surface area contributed by atoms with Crippen LogP contribution in [0, 0.1) is 18.7 Å². The highest BCUT2D eigenvalue weighted by molar-refractivity contribution is 5.95. The van der Waals surface area contributed by atoms with Crippen LogP contribution < -0.4 is 10.6 Å². The molecule has 0 atom stereocenters. The molecule has 3 aliphatic rings. The van der Waals surface area contributed by atoms with Gasteiger partial charge in [0, 0.05) is 49.4 Å². The number of hydrogen-bond acceptors (Lipinski definition) is 3. The Morgan fingerprint density at radius 1 is 0.976 bits per heavy atom. The van der Waals surface area contributed by atoms with Crippen LogP contribution in [0.5, 0.6) is 0 Å². The van der Waals surface area contributed by atoms with Gasteiger partial charge in [-0.3, -0.25) is 9.59 Å². The summed E-state index contributed by atoms with van der Waals surface area (Å²) in [5.41, 5.74) is 4.62. The molecule has 1 spiro atoms. The van der Waals surface area contributed by atoms with Crippen molar-refractivity contribution in [3.05, 3.63) is 58.2 Å². The summed E-state index contributed by atoms with van der Waals surface area (Å²) in [4.78, 5) is 31.4. The van der Waals surface area contributed by atoms with Crippen molar-refractivity contribution >= 4 is 11.8 Å². The third kappa shape index (κ3) is 7.64. The number of amides is 2. The van der Waals surface area contributed by atoms with Gasteiger partial charge in [0.15, 0.2) is 0 Å². The van der Waals surface area contributed by atoms with E-state index in [4.69, 9.17) is 0 Å². The lowest BCUT2D eigenvalue weighted by Gasteiger charge is -2.39. The molecule has 5 rings (SSSR count). The summed E-state index contributed by atoms with van der Waals surface area (Å²) in [6.45, 7) is 4.97. The van der Waals surface area contributed by atoms with Crippen LogP contribution in [0.1, 0.15) is 134 Å². The molecule has 2 aromatic rings. The fourth-order valence-electron chi connectivity index (χ4n) is 7.53. The minimum absolute atomic E-state index is 0.00989. The van der Waals surface area contributed by atoms with E-state index < -0.39 is 0 Å². The molecule has 1 aliphatic carbocycles. The van der Waals surface area contributed by atoms with Crippen LogP contribution in [0.15, 0.2) is 24.3 Å². The molecule has 1 aromatic carbocycles. The first-order chi connectivity index (χ1) is 20.4. The van der Waals surface area contributed by atoms with Gasteiger partial charge < -0.3 is 20.5 Å². The molecular formula is C35H51FN4O2. The Morgan fingerprint density at radius 2 is 1.67 bits per heavy atom. The molecule has 1 saturated heterocycles. The lowest BCUT2D eigenvalue weighted by Crippen LogP contribution is -2.47. The second-order valence-electron chi connectivity index (χ2n) is 13.1. The maximum Gasteiger partial charge on any atom is 0.267 e. The molecule has 1 saturated carbocycles. The first-order valence-corrected chi connectivity index (χ1v) is 16.8. The van der Waals surface area contributed by atoms with Crippen LogP contribution in [0.3, 0.4) is 0 Å². The second-order valence-corrected chi connectivity index (χ2v) is 13.1. The molecule has 0 unspecified atom stereocenters. The Morgan fingerprint density at radius 3 is 2.38 bits per heavy atom. The number of piperidine rings is 1. The van der Waals surface area contributed by atoms with Gasteiger partial charge in [-0.1, -0.05) is 70.3 Å². The molecule has 230 valence electrons. The number of hydrogen-bond donors (Lipinski definition) is 3. The fourth-order valence-corrected chi connectivity index (χ4v) is 7.53. The smallest absolute Gasteiger partial charge is 0.267 e. The van der Waals surface area contributed by atoms with Crippen molar-refractivity contribution in [3.8, 4) is 0 Å². The van der Waals surface area contributed by atoms with Crippen molar-refractivity contribution in [2.75, 3.05) is 26.2 Å². The Hall–Kier alpha value is -2.67. The predicted octanol–water partition coefficient (Wildman–Crippen LogP) is 7.17. The molecule has 3 heterocycles. The molecule has 42 heavy (non-hydrogen) atoms. The zero-order valence-corrected chi connectivity index (χ0v) is 25.7. The lowest BCUT2D eigenvalue weighted by molar-refractivity contribution is 0.0684. The summed E-state index contributed by atoms with van der Waals surface area (Å²) in [6, 6.07) is 6.59. The first kappa shape index (κ1) is 30.8. The van der Waals surface area contributed by atoms with Gasteiger partial charge in [0.1, 0.15) is 11.5 Å². The van der Waals surface area contributed by atoms with Gasteiger partial charge in [-0.2, -0.15) is 0 Å². The molecule has 7 heteroatoms. The summed E-state index contributed by atoms with van der Waals surface area (Å²) in [6.07, 6.45) is 18.9. The molecule has 1 aromatic heterocycles. The molecule has 2 amide bonds. The van der Waals surface area contributed by atoms with Crippen molar-refractivity contribution in [1.82, 2.24) is 20.5 Å². The second kappa shape index (κ2) is 14.7. The number of benzene rings is 1. The van der Waals surface area contributed by atoms with Gasteiger partial charge in [-0.05, 0) is 74.3 Å². The van der Waals surface area contributed by atoms with Crippen LogP contribution in [0.25, 0.3) is 0 Å². The maximum absolute atomic E-state index is 13.7. The quantitative estimate of drug-likeness (QED) is 0.305. The first-order valence-electron chi connectivity index (χ1n) is 16.8. The maximum atomic E-state index is 13.7. The van der Waals surface area contributed by atoms with Crippen LogP contribution >= 0.6 is 0 Å². The summed E-state index contributed by atoms with van der Waals surface area (Å²) in [5.74, 6) is 0.185. The Balaban J connectivity index is 1.05. The zero-order valence-electron chi connectivity index (χ0n) is 25.7. The average Bonchev–Trinajstić information content (AvgIpc) is 3.43. The van der Waals surface area contributed by atoms with E-state index in [0.29, 0.717) is 23.7 Å². The predicted molar refractivity (Wildman–Crippen MR) is 166 cm³/mol. The standard InChI is InChI=1S/C35H51FN4O2/c1-26-13-14-28(36)24-29(26)34(42)40-22-16-27(17-23-40)12-8-11-20-37-33(41)32-25-30-31(39-32)15-21-38-35(30)18-9-6-4-2-3-5-7-10-19-35/h13-14,24-25,27,38-39H,2-12,15-23H2,1H3,(H,37,41). The van der Waals surface area contributed by atoms with Gasteiger partial charge in [-0.25, -0.2) is 4.39 Å². The lowest BCUT2D eigenvalue weighted by atomic mass is 9.78. The van der Waals surface area contributed by atoms with Crippen LogP contribution in [0.2, 0.25) is 0 Å². The van der Waals surface area contributed by atoms with Crippen LogP contribution in [-0.4, -0.2) is 47.9 Å².